The normalized spacial score (nSPS) is 17.0. The first kappa shape index (κ1) is 20.3. The third kappa shape index (κ3) is 6.37. The number of benzene rings is 1. The van der Waals surface area contributed by atoms with Crippen molar-refractivity contribution in [3.05, 3.63) is 35.9 Å². The van der Waals surface area contributed by atoms with E-state index in [2.05, 4.69) is 10.6 Å². The Morgan fingerprint density at radius 2 is 1.88 bits per heavy atom. The average Bonchev–Trinajstić information content (AvgIpc) is 3.04. The molecule has 26 heavy (non-hydrogen) atoms. The first-order valence-corrected chi connectivity index (χ1v) is 9.91. The molecule has 2 rings (SSSR count). The van der Waals surface area contributed by atoms with Crippen LogP contribution in [0.2, 0.25) is 0 Å². The van der Waals surface area contributed by atoms with Crippen molar-refractivity contribution >= 4 is 29.5 Å². The van der Waals surface area contributed by atoms with E-state index in [1.807, 2.05) is 51.1 Å². The molecule has 1 unspecified atom stereocenters. The molecule has 1 aromatic carbocycles. The standard InChI is InChI=1S/C19H27N3O3S/c1-19(2,3)21-18(25)15-12-26-13-22(15)17(24)9-10-20-16(23)11-14-7-5-4-6-8-14/h4-8,15H,9-13H2,1-3H3,(H,20,23)(H,21,25). The van der Waals surface area contributed by atoms with Crippen LogP contribution in [0.15, 0.2) is 30.3 Å². The summed E-state index contributed by atoms with van der Waals surface area (Å²) in [5.41, 5.74) is 0.607. The monoisotopic (exact) mass is 377 g/mol. The molecule has 7 heteroatoms. The highest BCUT2D eigenvalue weighted by atomic mass is 32.2. The average molecular weight is 378 g/mol. The lowest BCUT2D eigenvalue weighted by Crippen LogP contribution is -2.52. The number of hydrogen-bond donors (Lipinski definition) is 2. The van der Waals surface area contributed by atoms with E-state index in [-0.39, 0.29) is 36.2 Å². The summed E-state index contributed by atoms with van der Waals surface area (Å²) in [4.78, 5) is 38.4. The van der Waals surface area contributed by atoms with Gasteiger partial charge in [0.2, 0.25) is 17.7 Å². The molecule has 0 spiro atoms. The van der Waals surface area contributed by atoms with E-state index in [0.717, 1.165) is 5.56 Å². The van der Waals surface area contributed by atoms with Crippen LogP contribution in [0.4, 0.5) is 0 Å². The lowest BCUT2D eigenvalue weighted by Gasteiger charge is -2.27. The number of nitrogens with zero attached hydrogens (tertiary/aromatic N) is 1. The van der Waals surface area contributed by atoms with Gasteiger partial charge < -0.3 is 15.5 Å². The third-order valence-electron chi connectivity index (χ3n) is 3.87. The largest absolute Gasteiger partial charge is 0.355 e. The Hall–Kier alpha value is -2.02. The van der Waals surface area contributed by atoms with Crippen molar-refractivity contribution < 1.29 is 14.4 Å². The summed E-state index contributed by atoms with van der Waals surface area (Å²) in [5.74, 6) is 0.780. The van der Waals surface area contributed by atoms with E-state index in [1.54, 1.807) is 16.7 Å². The Kier molecular flexibility index (Phi) is 7.08. The molecule has 1 saturated heterocycles. The Balaban J connectivity index is 1.77. The molecule has 3 amide bonds. The van der Waals surface area contributed by atoms with Gasteiger partial charge in [-0.05, 0) is 26.3 Å². The van der Waals surface area contributed by atoms with Gasteiger partial charge in [0, 0.05) is 24.3 Å². The van der Waals surface area contributed by atoms with Crippen LogP contribution >= 0.6 is 11.8 Å². The Bertz CT molecular complexity index is 643. The summed E-state index contributed by atoms with van der Waals surface area (Å²) in [6.45, 7) is 6.03. The molecular weight excluding hydrogens is 350 g/mol. The van der Waals surface area contributed by atoms with E-state index >= 15 is 0 Å². The van der Waals surface area contributed by atoms with Crippen LogP contribution in [0.3, 0.4) is 0 Å². The van der Waals surface area contributed by atoms with E-state index in [0.29, 0.717) is 18.1 Å². The van der Waals surface area contributed by atoms with Gasteiger partial charge in [0.15, 0.2) is 0 Å². The van der Waals surface area contributed by atoms with Crippen molar-refractivity contribution in [1.82, 2.24) is 15.5 Å². The number of thioether (sulfide) groups is 1. The van der Waals surface area contributed by atoms with Gasteiger partial charge in [-0.15, -0.1) is 11.8 Å². The Labute approximate surface area is 159 Å². The molecule has 1 fully saturated rings. The number of amides is 3. The van der Waals surface area contributed by atoms with Crippen molar-refractivity contribution in [3.8, 4) is 0 Å². The molecule has 1 atom stereocenters. The fourth-order valence-electron chi connectivity index (χ4n) is 2.65. The van der Waals surface area contributed by atoms with Gasteiger partial charge in [-0.2, -0.15) is 0 Å². The zero-order valence-electron chi connectivity index (χ0n) is 15.6. The fraction of sp³-hybridized carbons (Fsp3) is 0.526. The first-order chi connectivity index (χ1) is 12.3. The molecule has 1 aliphatic heterocycles. The third-order valence-corrected chi connectivity index (χ3v) is 4.88. The predicted octanol–water partition coefficient (Wildman–Crippen LogP) is 1.55. The van der Waals surface area contributed by atoms with Crippen LogP contribution in [0.1, 0.15) is 32.8 Å². The van der Waals surface area contributed by atoms with Gasteiger partial charge in [-0.25, -0.2) is 0 Å². The summed E-state index contributed by atoms with van der Waals surface area (Å²) >= 11 is 1.57. The molecule has 0 radical (unpaired) electrons. The van der Waals surface area contributed by atoms with E-state index < -0.39 is 6.04 Å². The van der Waals surface area contributed by atoms with Crippen LogP contribution in [0.25, 0.3) is 0 Å². The summed E-state index contributed by atoms with van der Waals surface area (Å²) in [5, 5.41) is 5.71. The lowest BCUT2D eigenvalue weighted by molar-refractivity contribution is -0.138. The second kappa shape index (κ2) is 9.07. The highest BCUT2D eigenvalue weighted by Crippen LogP contribution is 2.22. The lowest BCUT2D eigenvalue weighted by atomic mass is 10.1. The van der Waals surface area contributed by atoms with Gasteiger partial charge in [-0.1, -0.05) is 30.3 Å². The van der Waals surface area contributed by atoms with Crippen molar-refractivity contribution in [1.29, 1.82) is 0 Å². The molecule has 0 bridgehead atoms. The minimum Gasteiger partial charge on any atom is -0.355 e. The molecule has 6 nitrogen and oxygen atoms in total. The van der Waals surface area contributed by atoms with Crippen LogP contribution in [-0.4, -0.2) is 52.4 Å². The molecule has 2 N–H and O–H groups in total. The van der Waals surface area contributed by atoms with E-state index in [1.165, 1.54) is 0 Å². The number of rotatable bonds is 6. The zero-order valence-corrected chi connectivity index (χ0v) is 16.4. The molecule has 0 saturated carbocycles. The highest BCUT2D eigenvalue weighted by molar-refractivity contribution is 7.99. The van der Waals surface area contributed by atoms with Crippen molar-refractivity contribution in [3.63, 3.8) is 0 Å². The molecular formula is C19H27N3O3S. The van der Waals surface area contributed by atoms with Crippen LogP contribution < -0.4 is 10.6 Å². The second-order valence-electron chi connectivity index (χ2n) is 7.38. The summed E-state index contributed by atoms with van der Waals surface area (Å²) in [6.07, 6.45) is 0.492. The Morgan fingerprint density at radius 1 is 1.19 bits per heavy atom. The topological polar surface area (TPSA) is 78.5 Å². The zero-order chi connectivity index (χ0) is 19.2. The van der Waals surface area contributed by atoms with Gasteiger partial charge in [0.25, 0.3) is 0 Å². The maximum absolute atomic E-state index is 12.4. The molecule has 0 aliphatic carbocycles. The Morgan fingerprint density at radius 3 is 2.54 bits per heavy atom. The minimum atomic E-state index is -0.438. The van der Waals surface area contributed by atoms with Crippen LogP contribution in [0, 0.1) is 0 Å². The fourth-order valence-corrected chi connectivity index (χ4v) is 3.84. The summed E-state index contributed by atoms with van der Waals surface area (Å²) in [6, 6.07) is 9.03. The van der Waals surface area contributed by atoms with Gasteiger partial charge in [-0.3, -0.25) is 14.4 Å². The first-order valence-electron chi connectivity index (χ1n) is 8.76. The number of carbonyl (C=O) groups excluding carboxylic acids is 3. The highest BCUT2D eigenvalue weighted by Gasteiger charge is 2.35. The summed E-state index contributed by atoms with van der Waals surface area (Å²) < 4.78 is 0. The SMILES string of the molecule is CC(C)(C)NC(=O)C1CSCN1C(=O)CCNC(=O)Cc1ccccc1. The number of nitrogens with one attached hydrogen (secondary N) is 2. The molecule has 0 aromatic heterocycles. The minimum absolute atomic E-state index is 0.107. The van der Waals surface area contributed by atoms with Crippen LogP contribution in [0.5, 0.6) is 0 Å². The molecule has 1 aliphatic rings. The predicted molar refractivity (Wildman–Crippen MR) is 104 cm³/mol. The van der Waals surface area contributed by atoms with Gasteiger partial charge >= 0.3 is 0 Å². The van der Waals surface area contributed by atoms with Crippen molar-refractivity contribution in [2.45, 2.75) is 45.2 Å². The maximum atomic E-state index is 12.4. The van der Waals surface area contributed by atoms with E-state index in [9.17, 15) is 14.4 Å². The number of hydrogen-bond acceptors (Lipinski definition) is 4. The molecule has 1 heterocycles. The van der Waals surface area contributed by atoms with E-state index in [4.69, 9.17) is 0 Å². The van der Waals surface area contributed by atoms with Crippen molar-refractivity contribution in [2.75, 3.05) is 18.2 Å². The quantitative estimate of drug-likeness (QED) is 0.788. The molecule has 142 valence electrons. The number of carbonyl (C=O) groups is 3. The van der Waals surface area contributed by atoms with Crippen molar-refractivity contribution in [2.24, 2.45) is 0 Å². The van der Waals surface area contributed by atoms with Gasteiger partial charge in [0.1, 0.15) is 6.04 Å². The van der Waals surface area contributed by atoms with Gasteiger partial charge in [0.05, 0.1) is 12.3 Å². The second-order valence-corrected chi connectivity index (χ2v) is 8.38. The maximum Gasteiger partial charge on any atom is 0.244 e. The smallest absolute Gasteiger partial charge is 0.244 e. The summed E-state index contributed by atoms with van der Waals surface area (Å²) in [7, 11) is 0. The van der Waals surface area contributed by atoms with Crippen LogP contribution in [-0.2, 0) is 20.8 Å². The molecule has 1 aromatic rings.